The first-order chi connectivity index (χ1) is 8.53. The van der Waals surface area contributed by atoms with Crippen molar-refractivity contribution in [2.75, 3.05) is 12.8 Å². The molecule has 114 valence electrons. The molecule has 3 atom stereocenters. The summed E-state index contributed by atoms with van der Waals surface area (Å²) in [5.74, 6) is -0.604. The summed E-state index contributed by atoms with van der Waals surface area (Å²) in [5, 5.41) is 0. The van der Waals surface area contributed by atoms with Crippen LogP contribution in [0.4, 0.5) is 0 Å². The molecule has 3 unspecified atom stereocenters. The fourth-order valence-corrected chi connectivity index (χ4v) is 3.13. The van der Waals surface area contributed by atoms with Gasteiger partial charge in [0.15, 0.2) is 0 Å². The van der Waals surface area contributed by atoms with Gasteiger partial charge in [-0.1, -0.05) is 20.8 Å². The number of esters is 1. The first kappa shape index (κ1) is 18.7. The van der Waals surface area contributed by atoms with Gasteiger partial charge in [0.2, 0.25) is 0 Å². The van der Waals surface area contributed by atoms with Gasteiger partial charge < -0.3 is 14.0 Å². The molecule has 0 radical (unpaired) electrons. The normalized spacial score (nSPS) is 17.1. The van der Waals surface area contributed by atoms with Gasteiger partial charge in [-0.2, -0.15) is 0 Å². The Labute approximate surface area is 118 Å². The third kappa shape index (κ3) is 9.23. The largest absolute Gasteiger partial charge is 0.465 e. The van der Waals surface area contributed by atoms with Crippen molar-refractivity contribution >= 4 is 13.8 Å². The van der Waals surface area contributed by atoms with Crippen LogP contribution in [0.15, 0.2) is 0 Å². The smallest absolute Gasteiger partial charge is 0.309 e. The molecule has 0 saturated heterocycles. The van der Waals surface area contributed by atoms with Gasteiger partial charge in [0.1, 0.15) is 13.6 Å². The third-order valence-corrected chi connectivity index (χ3v) is 4.49. The number of rotatable bonds is 7. The fraction of sp³-hybridized carbons (Fsp3) is 0.929. The molecule has 0 rings (SSSR count). The lowest BCUT2D eigenvalue weighted by Crippen LogP contribution is -2.25. The zero-order valence-corrected chi connectivity index (χ0v) is 14.3. The Morgan fingerprint density at radius 3 is 2.11 bits per heavy atom. The zero-order valence-electron chi connectivity index (χ0n) is 13.3. The van der Waals surface area contributed by atoms with E-state index >= 15 is 0 Å². The predicted molar refractivity (Wildman–Crippen MR) is 79.1 cm³/mol. The first-order valence-corrected chi connectivity index (χ1v) is 8.59. The number of hydrogen-bond acceptors (Lipinski definition) is 4. The van der Waals surface area contributed by atoms with Gasteiger partial charge in [0, 0.05) is 6.16 Å². The van der Waals surface area contributed by atoms with E-state index in [9.17, 15) is 9.36 Å². The summed E-state index contributed by atoms with van der Waals surface area (Å²) in [5.41, 5.74) is -0.318. The molecule has 0 bridgehead atoms. The predicted octanol–water partition coefficient (Wildman–Crippen LogP) is 3.54. The third-order valence-electron chi connectivity index (χ3n) is 2.45. The topological polar surface area (TPSA) is 52.6 Å². The Balaban J connectivity index is 4.21. The van der Waals surface area contributed by atoms with Crippen molar-refractivity contribution in [2.45, 2.75) is 59.9 Å². The average molecular weight is 292 g/mol. The molecule has 0 heterocycles. The second-order valence-electron chi connectivity index (χ2n) is 6.47. The fourth-order valence-electron chi connectivity index (χ4n) is 1.54. The molecule has 0 aromatic carbocycles. The molecule has 5 heteroatoms. The van der Waals surface area contributed by atoms with Gasteiger partial charge >= 0.3 is 5.97 Å². The minimum Gasteiger partial charge on any atom is -0.465 e. The summed E-state index contributed by atoms with van der Waals surface area (Å²) in [7, 11) is -1.95. The van der Waals surface area contributed by atoms with E-state index in [1.807, 2.05) is 34.6 Å². The van der Waals surface area contributed by atoms with Crippen molar-refractivity contribution in [2.24, 2.45) is 11.8 Å². The van der Waals surface area contributed by atoms with Crippen LogP contribution in [0.5, 0.6) is 0 Å². The molecular formula is C14H29O4P. The zero-order chi connectivity index (χ0) is 15.2. The number of hydrogen-bond donors (Lipinski definition) is 0. The van der Waals surface area contributed by atoms with Crippen molar-refractivity contribution in [1.29, 1.82) is 0 Å². The first-order valence-electron chi connectivity index (χ1n) is 6.90. The Morgan fingerprint density at radius 1 is 1.16 bits per heavy atom. The van der Waals surface area contributed by atoms with Crippen molar-refractivity contribution in [1.82, 2.24) is 0 Å². The van der Waals surface area contributed by atoms with Crippen LogP contribution in [0, 0.1) is 11.8 Å². The second-order valence-corrected chi connectivity index (χ2v) is 8.62. The van der Waals surface area contributed by atoms with Crippen molar-refractivity contribution in [3.05, 3.63) is 0 Å². The quantitative estimate of drug-likeness (QED) is 0.532. The summed E-state index contributed by atoms with van der Waals surface area (Å²) >= 11 is 0. The van der Waals surface area contributed by atoms with Gasteiger partial charge in [0.05, 0.1) is 18.1 Å². The van der Waals surface area contributed by atoms with E-state index in [1.165, 1.54) is 0 Å². The standard InChI is InChI=1S/C14H29O4P/c1-10(2)8-17-13(15)11(3)9-19(16)12(4)18-14(5,6)7/h10-12,19H,8-9H2,1-7H3. The minimum atomic E-state index is -1.95. The second kappa shape index (κ2) is 8.06. The van der Waals surface area contributed by atoms with Gasteiger partial charge in [-0.25, -0.2) is 0 Å². The minimum absolute atomic E-state index is 0.269. The lowest BCUT2D eigenvalue weighted by atomic mass is 10.2. The van der Waals surface area contributed by atoms with Gasteiger partial charge in [0.25, 0.3) is 0 Å². The summed E-state index contributed by atoms with van der Waals surface area (Å²) in [6, 6.07) is 0. The molecule has 0 aliphatic rings. The molecule has 19 heavy (non-hydrogen) atoms. The molecule has 0 spiro atoms. The van der Waals surface area contributed by atoms with E-state index in [0.29, 0.717) is 18.7 Å². The van der Waals surface area contributed by atoms with Crippen LogP contribution < -0.4 is 0 Å². The summed E-state index contributed by atoms with van der Waals surface area (Å²) in [4.78, 5) is 11.7. The van der Waals surface area contributed by atoms with Crippen LogP contribution in [-0.2, 0) is 18.8 Å². The van der Waals surface area contributed by atoms with Crippen LogP contribution in [0.2, 0.25) is 0 Å². The molecule has 0 fully saturated rings. The number of ether oxygens (including phenoxy) is 2. The molecule has 0 aliphatic carbocycles. The Kier molecular flexibility index (Phi) is 7.92. The molecule has 0 saturated carbocycles. The lowest BCUT2D eigenvalue weighted by molar-refractivity contribution is -0.148. The van der Waals surface area contributed by atoms with E-state index in [-0.39, 0.29) is 23.3 Å². The Hall–Kier alpha value is -0.340. The highest BCUT2D eigenvalue weighted by atomic mass is 31.1. The van der Waals surface area contributed by atoms with E-state index in [2.05, 4.69) is 0 Å². The van der Waals surface area contributed by atoms with Crippen LogP contribution in [0.1, 0.15) is 48.5 Å². The SMILES string of the molecule is CC(C)COC(=O)C(C)C[PH](=O)C(C)OC(C)(C)C. The highest BCUT2D eigenvalue weighted by molar-refractivity contribution is 7.45. The number of carbonyl (C=O) groups excluding carboxylic acids is 1. The highest BCUT2D eigenvalue weighted by Gasteiger charge is 2.24. The maximum atomic E-state index is 12.1. The molecule has 0 aromatic rings. The molecule has 0 amide bonds. The van der Waals surface area contributed by atoms with Crippen LogP contribution in [-0.4, -0.2) is 30.2 Å². The summed E-state index contributed by atoms with van der Waals surface area (Å²) in [6.07, 6.45) is 0.346. The molecular weight excluding hydrogens is 263 g/mol. The van der Waals surface area contributed by atoms with E-state index in [1.54, 1.807) is 13.8 Å². The van der Waals surface area contributed by atoms with E-state index < -0.39 is 7.80 Å². The van der Waals surface area contributed by atoms with Gasteiger partial charge in [-0.15, -0.1) is 0 Å². The maximum absolute atomic E-state index is 12.1. The summed E-state index contributed by atoms with van der Waals surface area (Å²) in [6.45, 7) is 13.7. The van der Waals surface area contributed by atoms with Crippen LogP contribution >= 0.6 is 7.80 Å². The Morgan fingerprint density at radius 2 is 1.68 bits per heavy atom. The summed E-state index contributed by atoms with van der Waals surface area (Å²) < 4.78 is 22.9. The molecule has 0 aliphatic heterocycles. The van der Waals surface area contributed by atoms with Crippen molar-refractivity contribution in [3.63, 3.8) is 0 Å². The molecule has 0 aromatic heterocycles. The van der Waals surface area contributed by atoms with Crippen molar-refractivity contribution < 1.29 is 18.8 Å². The maximum Gasteiger partial charge on any atom is 0.309 e. The molecule has 4 nitrogen and oxygen atoms in total. The van der Waals surface area contributed by atoms with Gasteiger partial charge in [-0.3, -0.25) is 4.79 Å². The average Bonchev–Trinajstić information content (AvgIpc) is 2.23. The monoisotopic (exact) mass is 292 g/mol. The molecule has 0 N–H and O–H groups in total. The Bertz CT molecular complexity index is 307. The van der Waals surface area contributed by atoms with E-state index in [4.69, 9.17) is 9.47 Å². The van der Waals surface area contributed by atoms with Crippen molar-refractivity contribution in [3.8, 4) is 0 Å². The van der Waals surface area contributed by atoms with Gasteiger partial charge in [-0.05, 0) is 33.6 Å². The van der Waals surface area contributed by atoms with E-state index in [0.717, 1.165) is 0 Å². The highest BCUT2D eigenvalue weighted by Crippen LogP contribution is 2.34. The van der Waals surface area contributed by atoms with Crippen LogP contribution in [0.25, 0.3) is 0 Å². The number of carbonyl (C=O) groups is 1. The lowest BCUT2D eigenvalue weighted by Gasteiger charge is -2.25. The van der Waals surface area contributed by atoms with Crippen LogP contribution in [0.3, 0.4) is 0 Å².